The van der Waals surface area contributed by atoms with E-state index in [2.05, 4.69) is 15.6 Å². The van der Waals surface area contributed by atoms with E-state index < -0.39 is 0 Å². The second-order valence-corrected chi connectivity index (χ2v) is 5.73. The van der Waals surface area contributed by atoms with Crippen molar-refractivity contribution in [1.82, 2.24) is 20.4 Å². The van der Waals surface area contributed by atoms with Crippen molar-refractivity contribution in [3.05, 3.63) is 35.9 Å². The first kappa shape index (κ1) is 20.5. The zero-order valence-corrected chi connectivity index (χ0v) is 15.6. The van der Waals surface area contributed by atoms with Crippen LogP contribution in [-0.2, 0) is 16.1 Å². The predicted octanol–water partition coefficient (Wildman–Crippen LogP) is 0.678. The molecule has 0 heterocycles. The van der Waals surface area contributed by atoms with Gasteiger partial charge in [0.25, 0.3) is 0 Å². The number of nitrogens with zero attached hydrogens (tertiary/aromatic N) is 3. The van der Waals surface area contributed by atoms with Gasteiger partial charge >= 0.3 is 0 Å². The molecule has 0 aromatic heterocycles. The molecule has 0 atom stereocenters. The number of likely N-dealkylation sites (N-methyl/N-ethyl adjacent to an activating group) is 2. The van der Waals surface area contributed by atoms with Crippen molar-refractivity contribution < 1.29 is 9.59 Å². The molecule has 2 amide bonds. The van der Waals surface area contributed by atoms with Gasteiger partial charge in [-0.3, -0.25) is 9.59 Å². The fourth-order valence-corrected chi connectivity index (χ4v) is 2.09. The zero-order valence-electron chi connectivity index (χ0n) is 15.6. The van der Waals surface area contributed by atoms with Crippen LogP contribution in [0.25, 0.3) is 0 Å². The molecule has 0 saturated carbocycles. The monoisotopic (exact) mass is 347 g/mol. The molecule has 0 aliphatic rings. The molecule has 7 heteroatoms. The summed E-state index contributed by atoms with van der Waals surface area (Å²) in [7, 11) is 3.39. The first-order valence-corrected chi connectivity index (χ1v) is 8.51. The molecule has 0 aliphatic carbocycles. The van der Waals surface area contributed by atoms with Crippen molar-refractivity contribution in [1.29, 1.82) is 0 Å². The summed E-state index contributed by atoms with van der Waals surface area (Å²) in [5.41, 5.74) is 1.09. The highest BCUT2D eigenvalue weighted by atomic mass is 16.2. The van der Waals surface area contributed by atoms with Gasteiger partial charge in [0, 0.05) is 33.7 Å². The van der Waals surface area contributed by atoms with Gasteiger partial charge in [-0.2, -0.15) is 0 Å². The van der Waals surface area contributed by atoms with E-state index in [-0.39, 0.29) is 24.9 Å². The fraction of sp³-hybridized carbons (Fsp3) is 0.500. The molecular formula is C18H29N5O2. The molecule has 0 unspecified atom stereocenters. The maximum absolute atomic E-state index is 12.4. The maximum atomic E-state index is 12.4. The van der Waals surface area contributed by atoms with Crippen LogP contribution in [0.2, 0.25) is 0 Å². The van der Waals surface area contributed by atoms with Gasteiger partial charge in [0.15, 0.2) is 5.96 Å². The van der Waals surface area contributed by atoms with Gasteiger partial charge in [0.1, 0.15) is 6.54 Å². The van der Waals surface area contributed by atoms with Gasteiger partial charge in [0.2, 0.25) is 11.8 Å². The van der Waals surface area contributed by atoms with Crippen LogP contribution in [0, 0.1) is 0 Å². The molecule has 25 heavy (non-hydrogen) atoms. The Morgan fingerprint density at radius 1 is 1.04 bits per heavy atom. The van der Waals surface area contributed by atoms with Crippen LogP contribution in [0.15, 0.2) is 35.3 Å². The molecule has 1 aromatic rings. The molecule has 0 saturated heterocycles. The van der Waals surface area contributed by atoms with Gasteiger partial charge in [-0.05, 0) is 19.4 Å². The van der Waals surface area contributed by atoms with E-state index in [4.69, 9.17) is 0 Å². The first-order chi connectivity index (χ1) is 12.0. The summed E-state index contributed by atoms with van der Waals surface area (Å²) in [6.07, 6.45) is 0. The van der Waals surface area contributed by atoms with Crippen LogP contribution >= 0.6 is 0 Å². The van der Waals surface area contributed by atoms with E-state index in [1.807, 2.05) is 44.2 Å². The van der Waals surface area contributed by atoms with E-state index >= 15 is 0 Å². The standard InChI is InChI=1S/C18H29N5O2/c1-5-19-18(20-12-16(24)22(3)4)21-13-17(25)23(6-2)14-15-10-8-7-9-11-15/h7-11H,5-6,12-14H2,1-4H3,(H2,19,20,21). The number of benzene rings is 1. The summed E-state index contributed by atoms with van der Waals surface area (Å²) >= 11 is 0. The average Bonchev–Trinajstić information content (AvgIpc) is 2.62. The van der Waals surface area contributed by atoms with Crippen LogP contribution in [-0.4, -0.2) is 67.8 Å². The first-order valence-electron chi connectivity index (χ1n) is 8.51. The van der Waals surface area contributed by atoms with E-state index in [1.54, 1.807) is 19.0 Å². The molecule has 0 spiro atoms. The maximum Gasteiger partial charge on any atom is 0.244 e. The Hall–Kier alpha value is -2.57. The lowest BCUT2D eigenvalue weighted by Crippen LogP contribution is -2.43. The van der Waals surface area contributed by atoms with Crippen molar-refractivity contribution in [2.45, 2.75) is 20.4 Å². The Labute approximate surface area is 150 Å². The molecule has 0 aliphatic heterocycles. The Morgan fingerprint density at radius 2 is 1.72 bits per heavy atom. The Balaban J connectivity index is 2.62. The van der Waals surface area contributed by atoms with E-state index in [9.17, 15) is 9.59 Å². The number of carbonyl (C=O) groups excluding carboxylic acids is 2. The van der Waals surface area contributed by atoms with Crippen LogP contribution in [0.4, 0.5) is 0 Å². The molecule has 0 fully saturated rings. The van der Waals surface area contributed by atoms with Gasteiger partial charge in [-0.25, -0.2) is 4.99 Å². The number of guanidine groups is 1. The Bertz CT molecular complexity index is 572. The second-order valence-electron chi connectivity index (χ2n) is 5.73. The van der Waals surface area contributed by atoms with Crippen molar-refractivity contribution in [3.8, 4) is 0 Å². The van der Waals surface area contributed by atoms with Crippen LogP contribution in [0.3, 0.4) is 0 Å². The SMILES string of the molecule is CCNC(=NCC(=O)N(CC)Cc1ccccc1)NCC(=O)N(C)C. The minimum absolute atomic E-state index is 0.0339. The van der Waals surface area contributed by atoms with E-state index in [0.29, 0.717) is 25.6 Å². The molecule has 2 N–H and O–H groups in total. The second kappa shape index (κ2) is 11.1. The highest BCUT2D eigenvalue weighted by molar-refractivity contribution is 5.88. The van der Waals surface area contributed by atoms with Crippen LogP contribution in [0.1, 0.15) is 19.4 Å². The smallest absolute Gasteiger partial charge is 0.244 e. The van der Waals surface area contributed by atoms with Crippen molar-refractivity contribution in [2.75, 3.05) is 40.3 Å². The lowest BCUT2D eigenvalue weighted by atomic mass is 10.2. The minimum Gasteiger partial charge on any atom is -0.357 e. The van der Waals surface area contributed by atoms with Crippen LogP contribution in [0.5, 0.6) is 0 Å². The van der Waals surface area contributed by atoms with Gasteiger partial charge in [-0.15, -0.1) is 0 Å². The molecular weight excluding hydrogens is 318 g/mol. The molecule has 0 bridgehead atoms. The number of nitrogens with one attached hydrogen (secondary N) is 2. The number of aliphatic imine (C=N–C) groups is 1. The number of hydrogen-bond acceptors (Lipinski definition) is 3. The largest absolute Gasteiger partial charge is 0.357 e. The summed E-state index contributed by atoms with van der Waals surface area (Å²) in [5.74, 6) is 0.348. The summed E-state index contributed by atoms with van der Waals surface area (Å²) in [6, 6.07) is 9.87. The lowest BCUT2D eigenvalue weighted by molar-refractivity contribution is -0.130. The molecule has 0 radical (unpaired) electrons. The zero-order chi connectivity index (χ0) is 18.7. The molecule has 1 rings (SSSR count). The molecule has 138 valence electrons. The predicted molar refractivity (Wildman–Crippen MR) is 100 cm³/mol. The lowest BCUT2D eigenvalue weighted by Gasteiger charge is -2.20. The summed E-state index contributed by atoms with van der Waals surface area (Å²) in [6.45, 7) is 5.88. The molecule has 1 aromatic carbocycles. The number of hydrogen-bond donors (Lipinski definition) is 2. The van der Waals surface area contributed by atoms with Crippen molar-refractivity contribution >= 4 is 17.8 Å². The normalized spacial score (nSPS) is 11.0. The minimum atomic E-state index is -0.0591. The summed E-state index contributed by atoms with van der Waals surface area (Å²) in [5, 5.41) is 5.98. The van der Waals surface area contributed by atoms with Gasteiger partial charge in [-0.1, -0.05) is 30.3 Å². The fourth-order valence-electron chi connectivity index (χ4n) is 2.09. The van der Waals surface area contributed by atoms with Crippen LogP contribution < -0.4 is 10.6 Å². The quantitative estimate of drug-likeness (QED) is 0.535. The topological polar surface area (TPSA) is 77.0 Å². The van der Waals surface area contributed by atoms with Gasteiger partial charge < -0.3 is 20.4 Å². The van der Waals surface area contributed by atoms with E-state index in [1.165, 1.54) is 4.90 Å². The Kier molecular flexibility index (Phi) is 9.06. The average molecular weight is 347 g/mol. The summed E-state index contributed by atoms with van der Waals surface area (Å²) in [4.78, 5) is 31.6. The van der Waals surface area contributed by atoms with Crippen molar-refractivity contribution in [2.24, 2.45) is 4.99 Å². The van der Waals surface area contributed by atoms with E-state index in [0.717, 1.165) is 5.56 Å². The highest BCUT2D eigenvalue weighted by Crippen LogP contribution is 2.04. The van der Waals surface area contributed by atoms with Crippen molar-refractivity contribution in [3.63, 3.8) is 0 Å². The number of rotatable bonds is 8. The number of carbonyl (C=O) groups is 2. The highest BCUT2D eigenvalue weighted by Gasteiger charge is 2.12. The number of amides is 2. The summed E-state index contributed by atoms with van der Waals surface area (Å²) < 4.78 is 0. The third-order valence-electron chi connectivity index (χ3n) is 3.57. The third kappa shape index (κ3) is 7.69. The molecule has 7 nitrogen and oxygen atoms in total. The van der Waals surface area contributed by atoms with Gasteiger partial charge in [0.05, 0.1) is 6.54 Å². The Morgan fingerprint density at radius 3 is 2.28 bits per heavy atom. The third-order valence-corrected chi connectivity index (χ3v) is 3.57.